The number of carbonyl (C=O) groups excluding carboxylic acids is 1. The molecule has 0 unspecified atom stereocenters. The van der Waals surface area contributed by atoms with Crippen LogP contribution in [0.5, 0.6) is 5.75 Å². The Morgan fingerprint density at radius 3 is 2.70 bits per heavy atom. The fourth-order valence-electron chi connectivity index (χ4n) is 4.08. The standard InChI is InChI=1S/C22H30N4O4/c1-14-2-3-15-12-23-22(25-16-4-6-18(27)7-5-16)26-20(15)21(14)30-13-19(28)24-17-8-10-29-11-9-17/h2-3,12,16-18,27H,4-11,13H2,1H3,(H,24,28)(H,23,25,26). The van der Waals surface area contributed by atoms with Crippen molar-refractivity contribution >= 4 is 22.8 Å². The van der Waals surface area contributed by atoms with Crippen molar-refractivity contribution in [1.82, 2.24) is 15.3 Å². The van der Waals surface area contributed by atoms with Gasteiger partial charge in [0.15, 0.2) is 6.61 Å². The molecule has 8 nitrogen and oxygen atoms in total. The number of nitrogens with zero attached hydrogens (tertiary/aromatic N) is 2. The Morgan fingerprint density at radius 2 is 1.93 bits per heavy atom. The number of hydrogen-bond donors (Lipinski definition) is 3. The van der Waals surface area contributed by atoms with Crippen LogP contribution in [0.1, 0.15) is 44.1 Å². The summed E-state index contributed by atoms with van der Waals surface area (Å²) in [6, 6.07) is 4.31. The molecule has 0 atom stereocenters. The fraction of sp³-hybridized carbons (Fsp3) is 0.591. The molecule has 1 saturated heterocycles. The van der Waals surface area contributed by atoms with E-state index in [4.69, 9.17) is 9.47 Å². The first-order valence-electron chi connectivity index (χ1n) is 10.8. The van der Waals surface area contributed by atoms with Gasteiger partial charge in [0, 0.05) is 36.9 Å². The normalized spacial score (nSPS) is 22.6. The summed E-state index contributed by atoms with van der Waals surface area (Å²) >= 11 is 0. The van der Waals surface area contributed by atoms with E-state index in [1.807, 2.05) is 19.1 Å². The Morgan fingerprint density at radius 1 is 1.17 bits per heavy atom. The molecule has 2 aromatic rings. The van der Waals surface area contributed by atoms with Gasteiger partial charge in [0.1, 0.15) is 11.3 Å². The molecule has 1 saturated carbocycles. The summed E-state index contributed by atoms with van der Waals surface area (Å²) in [5.41, 5.74) is 1.62. The van der Waals surface area contributed by atoms with Crippen molar-refractivity contribution < 1.29 is 19.4 Å². The third kappa shape index (κ3) is 5.17. The van der Waals surface area contributed by atoms with E-state index >= 15 is 0 Å². The van der Waals surface area contributed by atoms with Gasteiger partial charge in [-0.3, -0.25) is 4.79 Å². The molecule has 1 aromatic heterocycles. The van der Waals surface area contributed by atoms with Crippen LogP contribution < -0.4 is 15.4 Å². The molecule has 8 heteroatoms. The Kier molecular flexibility index (Phi) is 6.64. The number of amides is 1. The topological polar surface area (TPSA) is 106 Å². The molecule has 0 bridgehead atoms. The highest BCUT2D eigenvalue weighted by Gasteiger charge is 2.21. The maximum Gasteiger partial charge on any atom is 0.258 e. The molecular formula is C22H30N4O4. The largest absolute Gasteiger partial charge is 0.481 e. The number of benzene rings is 1. The van der Waals surface area contributed by atoms with E-state index in [1.165, 1.54) is 0 Å². The lowest BCUT2D eigenvalue weighted by Crippen LogP contribution is -2.41. The Bertz CT molecular complexity index is 877. The average Bonchev–Trinajstić information content (AvgIpc) is 2.75. The van der Waals surface area contributed by atoms with E-state index in [0.717, 1.165) is 49.5 Å². The lowest BCUT2D eigenvalue weighted by atomic mass is 9.93. The van der Waals surface area contributed by atoms with Gasteiger partial charge in [0.25, 0.3) is 5.91 Å². The van der Waals surface area contributed by atoms with Crippen molar-refractivity contribution in [1.29, 1.82) is 0 Å². The van der Waals surface area contributed by atoms with Crippen LogP contribution in [0.25, 0.3) is 10.9 Å². The van der Waals surface area contributed by atoms with Crippen LogP contribution in [0.15, 0.2) is 18.3 Å². The Labute approximate surface area is 176 Å². The van der Waals surface area contributed by atoms with Gasteiger partial charge in [-0.2, -0.15) is 0 Å². The minimum absolute atomic E-state index is 0.0510. The third-order valence-electron chi connectivity index (χ3n) is 5.87. The molecule has 1 aliphatic carbocycles. The number of anilines is 1. The summed E-state index contributed by atoms with van der Waals surface area (Å²) in [5, 5.41) is 17.0. The lowest BCUT2D eigenvalue weighted by molar-refractivity contribution is -0.124. The molecule has 1 amide bonds. The third-order valence-corrected chi connectivity index (χ3v) is 5.87. The number of carbonyl (C=O) groups is 1. The summed E-state index contributed by atoms with van der Waals surface area (Å²) in [6.07, 6.45) is 6.62. The van der Waals surface area contributed by atoms with E-state index < -0.39 is 0 Å². The first kappa shape index (κ1) is 20.8. The first-order valence-corrected chi connectivity index (χ1v) is 10.8. The zero-order chi connectivity index (χ0) is 20.9. The van der Waals surface area contributed by atoms with Crippen molar-refractivity contribution in [3.8, 4) is 5.75 Å². The highest BCUT2D eigenvalue weighted by atomic mass is 16.5. The van der Waals surface area contributed by atoms with Crippen LogP contribution in [-0.4, -0.2) is 59.0 Å². The summed E-state index contributed by atoms with van der Waals surface area (Å²) < 4.78 is 11.2. The lowest BCUT2D eigenvalue weighted by Gasteiger charge is -2.26. The van der Waals surface area contributed by atoms with E-state index in [0.29, 0.717) is 30.4 Å². The predicted molar refractivity (Wildman–Crippen MR) is 114 cm³/mol. The molecule has 2 heterocycles. The van der Waals surface area contributed by atoms with Crippen molar-refractivity contribution in [2.75, 3.05) is 25.1 Å². The Balaban J connectivity index is 1.44. The molecule has 2 aliphatic rings. The molecule has 2 fully saturated rings. The Hall–Kier alpha value is -2.45. The van der Waals surface area contributed by atoms with Crippen molar-refractivity contribution in [3.63, 3.8) is 0 Å². The van der Waals surface area contributed by atoms with Crippen molar-refractivity contribution in [2.24, 2.45) is 0 Å². The zero-order valence-electron chi connectivity index (χ0n) is 17.4. The molecule has 162 valence electrons. The van der Waals surface area contributed by atoms with E-state index in [-0.39, 0.29) is 30.7 Å². The SMILES string of the molecule is Cc1ccc2cnc(NC3CCC(O)CC3)nc2c1OCC(=O)NC1CCOCC1. The second-order valence-electron chi connectivity index (χ2n) is 8.24. The smallest absolute Gasteiger partial charge is 0.258 e. The van der Waals surface area contributed by atoms with Gasteiger partial charge < -0.3 is 25.2 Å². The second kappa shape index (κ2) is 9.57. The van der Waals surface area contributed by atoms with Gasteiger partial charge in [-0.1, -0.05) is 12.1 Å². The molecule has 1 aliphatic heterocycles. The number of hydrogen-bond acceptors (Lipinski definition) is 7. The molecule has 3 N–H and O–H groups in total. The highest BCUT2D eigenvalue weighted by molar-refractivity contribution is 5.86. The summed E-state index contributed by atoms with van der Waals surface area (Å²) in [4.78, 5) is 21.5. The molecular weight excluding hydrogens is 384 g/mol. The molecule has 1 aromatic carbocycles. The van der Waals surface area contributed by atoms with Gasteiger partial charge >= 0.3 is 0 Å². The minimum atomic E-state index is -0.199. The van der Waals surface area contributed by atoms with Gasteiger partial charge in [-0.25, -0.2) is 9.97 Å². The molecule has 0 radical (unpaired) electrons. The van der Waals surface area contributed by atoms with Gasteiger partial charge in [0.2, 0.25) is 5.95 Å². The number of nitrogens with one attached hydrogen (secondary N) is 2. The number of fused-ring (bicyclic) bond motifs is 1. The van der Waals surface area contributed by atoms with E-state index in [9.17, 15) is 9.90 Å². The highest BCUT2D eigenvalue weighted by Crippen LogP contribution is 2.29. The number of aliphatic hydroxyl groups excluding tert-OH is 1. The van der Waals surface area contributed by atoms with Gasteiger partial charge in [-0.05, 0) is 51.0 Å². The van der Waals surface area contributed by atoms with Crippen LogP contribution in [0, 0.1) is 6.92 Å². The van der Waals surface area contributed by atoms with Crippen molar-refractivity contribution in [3.05, 3.63) is 23.9 Å². The number of rotatable bonds is 6. The summed E-state index contributed by atoms with van der Waals surface area (Å²) in [5.74, 6) is 1.02. The second-order valence-corrected chi connectivity index (χ2v) is 8.24. The average molecular weight is 415 g/mol. The fourth-order valence-corrected chi connectivity index (χ4v) is 4.08. The van der Waals surface area contributed by atoms with Crippen LogP contribution in [0.2, 0.25) is 0 Å². The summed E-state index contributed by atoms with van der Waals surface area (Å²) in [6.45, 7) is 3.26. The number of aliphatic hydroxyl groups is 1. The number of aromatic nitrogens is 2. The van der Waals surface area contributed by atoms with Crippen LogP contribution in [-0.2, 0) is 9.53 Å². The van der Waals surface area contributed by atoms with E-state index in [2.05, 4.69) is 20.6 Å². The number of aryl methyl sites for hydroxylation is 1. The van der Waals surface area contributed by atoms with Gasteiger partial charge in [0.05, 0.1) is 6.10 Å². The molecule has 30 heavy (non-hydrogen) atoms. The van der Waals surface area contributed by atoms with Crippen LogP contribution >= 0.6 is 0 Å². The zero-order valence-corrected chi connectivity index (χ0v) is 17.4. The molecule has 4 rings (SSSR count). The monoisotopic (exact) mass is 414 g/mol. The van der Waals surface area contributed by atoms with Crippen LogP contribution in [0.3, 0.4) is 0 Å². The molecule has 0 spiro atoms. The first-order chi connectivity index (χ1) is 14.6. The quantitative estimate of drug-likeness (QED) is 0.666. The predicted octanol–water partition coefficient (Wildman–Crippen LogP) is 2.33. The number of ether oxygens (including phenoxy) is 2. The maximum absolute atomic E-state index is 12.3. The maximum atomic E-state index is 12.3. The summed E-state index contributed by atoms with van der Waals surface area (Å²) in [7, 11) is 0. The van der Waals surface area contributed by atoms with Gasteiger partial charge in [-0.15, -0.1) is 0 Å². The van der Waals surface area contributed by atoms with E-state index in [1.54, 1.807) is 6.20 Å². The van der Waals surface area contributed by atoms with Crippen molar-refractivity contribution in [2.45, 2.75) is 63.6 Å². The minimum Gasteiger partial charge on any atom is -0.481 e. The van der Waals surface area contributed by atoms with Crippen LogP contribution in [0.4, 0.5) is 5.95 Å².